The monoisotopic (exact) mass is 220 g/mol. The van der Waals surface area contributed by atoms with E-state index in [4.69, 9.17) is 16.6 Å². The smallest absolute Gasteiger partial charge is 0.284 e. The van der Waals surface area contributed by atoms with Crippen LogP contribution in [0.25, 0.3) is 0 Å². The van der Waals surface area contributed by atoms with Crippen LogP contribution in [0, 0.1) is 4.84 Å². The van der Waals surface area contributed by atoms with Gasteiger partial charge in [-0.3, -0.25) is 0 Å². The number of H-pyrrole nitrogens is 1. The highest BCUT2D eigenvalue weighted by atomic mass is 32.1. The molecule has 1 aromatic carbocycles. The molecule has 78 valence electrons. The first-order valence-electron chi connectivity index (χ1n) is 4.91. The summed E-state index contributed by atoms with van der Waals surface area (Å²) in [5.41, 5.74) is 1.20. The number of hydrogen-bond acceptors (Lipinski definition) is 3. The molecule has 1 heterocycles. The van der Waals surface area contributed by atoms with Crippen LogP contribution >= 0.6 is 12.2 Å². The van der Waals surface area contributed by atoms with Gasteiger partial charge >= 0.3 is 0 Å². The van der Waals surface area contributed by atoms with Crippen LogP contribution in [0.3, 0.4) is 0 Å². The van der Waals surface area contributed by atoms with E-state index in [2.05, 4.69) is 29.3 Å². The Kier molecular flexibility index (Phi) is 2.97. The van der Waals surface area contributed by atoms with Crippen molar-refractivity contribution in [2.75, 3.05) is 0 Å². The zero-order chi connectivity index (χ0) is 10.7. The third kappa shape index (κ3) is 2.15. The third-order valence-electron chi connectivity index (χ3n) is 2.36. The zero-order valence-corrected chi connectivity index (χ0v) is 9.25. The fraction of sp³-hybridized carbons (Fsp3) is 0.273. The minimum Gasteiger partial charge on any atom is -0.413 e. The highest BCUT2D eigenvalue weighted by Gasteiger charge is 2.16. The van der Waals surface area contributed by atoms with Crippen molar-refractivity contribution in [3.63, 3.8) is 0 Å². The Hall–Kier alpha value is -1.42. The highest BCUT2D eigenvalue weighted by molar-refractivity contribution is 7.71. The lowest BCUT2D eigenvalue weighted by Gasteiger charge is -2.09. The van der Waals surface area contributed by atoms with Crippen molar-refractivity contribution in [1.82, 2.24) is 10.2 Å². The molecule has 1 aromatic heterocycles. The predicted molar refractivity (Wildman–Crippen MR) is 60.3 cm³/mol. The number of aromatic nitrogens is 2. The van der Waals surface area contributed by atoms with E-state index < -0.39 is 0 Å². The zero-order valence-electron chi connectivity index (χ0n) is 8.43. The van der Waals surface area contributed by atoms with Crippen molar-refractivity contribution in [3.8, 4) is 0 Å². The molecule has 0 saturated heterocycles. The van der Waals surface area contributed by atoms with Crippen molar-refractivity contribution in [1.29, 1.82) is 0 Å². The summed E-state index contributed by atoms with van der Waals surface area (Å²) in [5, 5.41) is 6.72. The molecule has 1 N–H and O–H groups in total. The molecular weight excluding hydrogens is 208 g/mol. The maximum atomic E-state index is 5.34. The van der Waals surface area contributed by atoms with Crippen LogP contribution in [0.1, 0.15) is 30.7 Å². The molecule has 0 aliphatic carbocycles. The molecule has 0 unspecified atom stereocenters. The van der Waals surface area contributed by atoms with Crippen LogP contribution in [0.2, 0.25) is 0 Å². The van der Waals surface area contributed by atoms with Gasteiger partial charge in [-0.2, -0.15) is 0 Å². The molecule has 0 saturated carbocycles. The normalized spacial score (nSPS) is 12.6. The molecule has 0 bridgehead atoms. The summed E-state index contributed by atoms with van der Waals surface area (Å²) in [7, 11) is 0. The van der Waals surface area contributed by atoms with Crippen LogP contribution in [0.4, 0.5) is 0 Å². The number of hydrogen-bond donors (Lipinski definition) is 1. The molecule has 0 amide bonds. The van der Waals surface area contributed by atoms with Crippen molar-refractivity contribution < 1.29 is 4.42 Å². The molecule has 3 nitrogen and oxygen atoms in total. The van der Waals surface area contributed by atoms with E-state index in [9.17, 15) is 0 Å². The Labute approximate surface area is 93.1 Å². The van der Waals surface area contributed by atoms with E-state index in [1.54, 1.807) is 0 Å². The van der Waals surface area contributed by atoms with Gasteiger partial charge in [0, 0.05) is 0 Å². The molecule has 0 aliphatic heterocycles. The van der Waals surface area contributed by atoms with E-state index >= 15 is 0 Å². The number of aromatic amines is 1. The first-order chi connectivity index (χ1) is 7.31. The molecule has 0 spiro atoms. The summed E-state index contributed by atoms with van der Waals surface area (Å²) < 4.78 is 5.34. The molecular formula is C11H12N2OS. The van der Waals surface area contributed by atoms with Crippen LogP contribution in [0.15, 0.2) is 34.7 Å². The maximum Gasteiger partial charge on any atom is 0.284 e. The van der Waals surface area contributed by atoms with E-state index in [1.165, 1.54) is 5.56 Å². The summed E-state index contributed by atoms with van der Waals surface area (Å²) >= 11 is 4.87. The number of benzene rings is 1. The molecule has 2 rings (SSSR count). The lowest BCUT2D eigenvalue weighted by atomic mass is 9.97. The minimum atomic E-state index is 0.180. The molecule has 1 atom stereocenters. The van der Waals surface area contributed by atoms with Crippen molar-refractivity contribution in [2.45, 2.75) is 19.3 Å². The molecule has 4 heteroatoms. The van der Waals surface area contributed by atoms with Crippen molar-refractivity contribution in [3.05, 3.63) is 46.6 Å². The van der Waals surface area contributed by atoms with Gasteiger partial charge < -0.3 is 4.42 Å². The maximum absolute atomic E-state index is 5.34. The van der Waals surface area contributed by atoms with E-state index in [0.717, 1.165) is 6.42 Å². The summed E-state index contributed by atoms with van der Waals surface area (Å²) in [6.07, 6.45) is 0.938. The minimum absolute atomic E-state index is 0.180. The summed E-state index contributed by atoms with van der Waals surface area (Å²) in [6.45, 7) is 2.10. The second-order valence-electron chi connectivity index (χ2n) is 3.32. The molecule has 15 heavy (non-hydrogen) atoms. The highest BCUT2D eigenvalue weighted by Crippen LogP contribution is 2.25. The Morgan fingerprint density at radius 2 is 2.13 bits per heavy atom. The van der Waals surface area contributed by atoms with E-state index in [-0.39, 0.29) is 5.92 Å². The average Bonchev–Trinajstić information content (AvgIpc) is 2.68. The van der Waals surface area contributed by atoms with Crippen LogP contribution in [-0.4, -0.2) is 10.2 Å². The quantitative estimate of drug-likeness (QED) is 0.807. The summed E-state index contributed by atoms with van der Waals surface area (Å²) in [6, 6.07) is 10.2. The molecule has 0 aliphatic rings. The van der Waals surface area contributed by atoms with Crippen molar-refractivity contribution >= 4 is 12.2 Å². The summed E-state index contributed by atoms with van der Waals surface area (Å²) in [4.78, 5) is 0.333. The largest absolute Gasteiger partial charge is 0.413 e. The number of nitrogens with one attached hydrogen (secondary N) is 1. The fourth-order valence-corrected chi connectivity index (χ4v) is 1.76. The van der Waals surface area contributed by atoms with Gasteiger partial charge in [-0.1, -0.05) is 37.3 Å². The van der Waals surface area contributed by atoms with Gasteiger partial charge in [0.15, 0.2) is 0 Å². The number of nitrogens with zero attached hydrogens (tertiary/aromatic N) is 1. The Morgan fingerprint density at radius 1 is 1.40 bits per heavy atom. The molecule has 0 fully saturated rings. The first-order valence-corrected chi connectivity index (χ1v) is 5.32. The topological polar surface area (TPSA) is 41.8 Å². The Bertz CT molecular complexity index is 475. The fourth-order valence-electron chi connectivity index (χ4n) is 1.63. The Morgan fingerprint density at radius 3 is 2.67 bits per heavy atom. The van der Waals surface area contributed by atoms with Gasteiger partial charge in [0.05, 0.1) is 5.92 Å². The predicted octanol–water partition coefficient (Wildman–Crippen LogP) is 3.27. The van der Waals surface area contributed by atoms with Crippen molar-refractivity contribution in [2.24, 2.45) is 0 Å². The second kappa shape index (κ2) is 4.40. The lowest BCUT2D eigenvalue weighted by Crippen LogP contribution is -1.99. The molecule has 2 aromatic rings. The number of rotatable bonds is 3. The third-order valence-corrected chi connectivity index (χ3v) is 2.54. The lowest BCUT2D eigenvalue weighted by molar-refractivity contribution is 0.453. The van der Waals surface area contributed by atoms with Gasteiger partial charge in [-0.25, -0.2) is 5.10 Å². The van der Waals surface area contributed by atoms with Crippen LogP contribution in [0.5, 0.6) is 0 Å². The van der Waals surface area contributed by atoms with Gasteiger partial charge in [0.2, 0.25) is 5.89 Å². The van der Waals surface area contributed by atoms with Crippen LogP contribution in [-0.2, 0) is 0 Å². The van der Waals surface area contributed by atoms with E-state index in [0.29, 0.717) is 10.7 Å². The average molecular weight is 220 g/mol. The van der Waals surface area contributed by atoms with Gasteiger partial charge in [0.25, 0.3) is 4.84 Å². The standard InChI is InChI=1S/C11H12N2OS/c1-2-9(8-6-4-3-5-7-8)10-12-13-11(15)14-10/h3-7,9H,2H2,1H3,(H,13,15)/t9-/m1/s1. The first kappa shape index (κ1) is 10.1. The second-order valence-corrected chi connectivity index (χ2v) is 3.69. The molecule has 0 radical (unpaired) electrons. The van der Waals surface area contributed by atoms with Crippen LogP contribution < -0.4 is 0 Å². The summed E-state index contributed by atoms with van der Waals surface area (Å²) in [5.74, 6) is 0.841. The van der Waals surface area contributed by atoms with Gasteiger partial charge in [-0.05, 0) is 24.2 Å². The van der Waals surface area contributed by atoms with Gasteiger partial charge in [-0.15, -0.1) is 5.10 Å². The van der Waals surface area contributed by atoms with Gasteiger partial charge in [0.1, 0.15) is 0 Å². The van der Waals surface area contributed by atoms with E-state index in [1.807, 2.05) is 18.2 Å². The Balaban J connectivity index is 2.37. The SMILES string of the molecule is CC[C@H](c1ccccc1)c1n[nH]c(=S)o1.